The Morgan fingerprint density at radius 2 is 1.83 bits per heavy atom. The fourth-order valence-electron chi connectivity index (χ4n) is 3.52. The van der Waals surface area contributed by atoms with E-state index in [0.29, 0.717) is 34.2 Å². The molecule has 10 heteroatoms. The Hall–Kier alpha value is -1.71. The van der Waals surface area contributed by atoms with Crippen molar-refractivity contribution in [3.63, 3.8) is 0 Å². The van der Waals surface area contributed by atoms with Gasteiger partial charge in [-0.15, -0.1) is 0 Å². The Labute approximate surface area is 188 Å². The Bertz CT molecular complexity index is 1280. The van der Waals surface area contributed by atoms with Crippen LogP contribution in [0.15, 0.2) is 52.4 Å². The molecule has 0 spiro atoms. The third-order valence-electron chi connectivity index (χ3n) is 5.16. The maximum Gasteiger partial charge on any atom is 0.252 e. The van der Waals surface area contributed by atoms with Crippen molar-refractivity contribution in [1.29, 1.82) is 0 Å². The normalized spacial score (nSPS) is 18.8. The van der Waals surface area contributed by atoms with E-state index in [0.717, 1.165) is 10.2 Å². The van der Waals surface area contributed by atoms with Crippen molar-refractivity contribution < 1.29 is 13.2 Å². The van der Waals surface area contributed by atoms with Gasteiger partial charge in [-0.2, -0.15) is 9.30 Å². The summed E-state index contributed by atoms with van der Waals surface area (Å²) < 4.78 is 30.1. The summed E-state index contributed by atoms with van der Waals surface area (Å²) in [7, 11) is -1.84. The van der Waals surface area contributed by atoms with Gasteiger partial charge in [0.05, 0.1) is 21.0 Å². The lowest BCUT2D eigenvalue weighted by molar-refractivity contribution is -0.122. The van der Waals surface area contributed by atoms with Crippen molar-refractivity contribution in [1.82, 2.24) is 8.87 Å². The maximum atomic E-state index is 13.0. The molecule has 30 heavy (non-hydrogen) atoms. The number of aryl methyl sites for hydroxylation is 1. The molecule has 1 saturated heterocycles. The molecule has 0 saturated carbocycles. The molecule has 1 aliphatic heterocycles. The smallest absolute Gasteiger partial charge is 0.252 e. The van der Waals surface area contributed by atoms with Gasteiger partial charge in [0, 0.05) is 30.2 Å². The van der Waals surface area contributed by atoms with Gasteiger partial charge < -0.3 is 4.57 Å². The van der Waals surface area contributed by atoms with Crippen molar-refractivity contribution in [3.05, 3.63) is 57.3 Å². The van der Waals surface area contributed by atoms with Crippen LogP contribution >= 0.6 is 34.5 Å². The number of nitrogens with zero attached hydrogens (tertiary/aromatic N) is 3. The lowest BCUT2D eigenvalue weighted by Crippen LogP contribution is -2.42. The molecule has 0 aliphatic carbocycles. The first-order valence-electron chi connectivity index (χ1n) is 9.35. The van der Waals surface area contributed by atoms with Gasteiger partial charge in [-0.05, 0) is 55.3 Å². The van der Waals surface area contributed by atoms with Crippen LogP contribution < -0.4 is 4.80 Å². The van der Waals surface area contributed by atoms with Crippen LogP contribution in [0.1, 0.15) is 12.8 Å². The molecule has 2 heterocycles. The molecular weight excluding hydrogens is 465 g/mol. The summed E-state index contributed by atoms with van der Waals surface area (Å²) in [5.74, 6) is -0.783. The van der Waals surface area contributed by atoms with E-state index < -0.39 is 15.9 Å². The number of carbonyl (C=O) groups is 1. The molecule has 1 amide bonds. The molecular formula is C20H19Cl2N3O3S2. The molecule has 1 unspecified atom stereocenters. The van der Waals surface area contributed by atoms with Crippen molar-refractivity contribution >= 4 is 60.7 Å². The second-order valence-electron chi connectivity index (χ2n) is 7.16. The molecule has 1 aliphatic rings. The summed E-state index contributed by atoms with van der Waals surface area (Å²) in [6.07, 6.45) is 1.21. The van der Waals surface area contributed by atoms with E-state index in [1.165, 1.54) is 27.8 Å². The van der Waals surface area contributed by atoms with Crippen molar-refractivity contribution in [3.8, 4) is 0 Å². The quantitative estimate of drug-likeness (QED) is 0.563. The summed E-state index contributed by atoms with van der Waals surface area (Å²) in [5, 5.41) is 1.09. The first-order chi connectivity index (χ1) is 14.3. The van der Waals surface area contributed by atoms with Crippen LogP contribution in [0.3, 0.4) is 0 Å². The van der Waals surface area contributed by atoms with Crippen molar-refractivity contribution in [2.24, 2.45) is 18.0 Å². The third kappa shape index (κ3) is 4.20. The van der Waals surface area contributed by atoms with E-state index in [9.17, 15) is 13.2 Å². The number of benzene rings is 2. The summed E-state index contributed by atoms with van der Waals surface area (Å²) in [4.78, 5) is 17.9. The minimum absolute atomic E-state index is 0.119. The molecule has 1 atom stereocenters. The van der Waals surface area contributed by atoms with Crippen LogP contribution in [0, 0.1) is 5.92 Å². The number of thiazole rings is 1. The van der Waals surface area contributed by atoms with E-state index in [-0.39, 0.29) is 17.3 Å². The minimum atomic E-state index is -3.69. The first-order valence-corrected chi connectivity index (χ1v) is 12.4. The first kappa shape index (κ1) is 21.5. The highest BCUT2D eigenvalue weighted by molar-refractivity contribution is 7.89. The molecule has 158 valence electrons. The number of hydrogen-bond donors (Lipinski definition) is 0. The standard InChI is InChI=1S/C20H19Cl2N3O3S2/c1-24-17-9-6-15(22)11-18(17)29-20(24)23-19(26)13-3-2-10-25(12-13)30(27,28)16-7-4-14(21)5-8-16/h4-9,11,13H,2-3,10,12H2,1H3. The lowest BCUT2D eigenvalue weighted by atomic mass is 9.99. The summed E-state index contributed by atoms with van der Waals surface area (Å²) in [5.41, 5.74) is 0.937. The van der Waals surface area contributed by atoms with Crippen LogP contribution in [0.5, 0.6) is 0 Å². The molecule has 1 fully saturated rings. The predicted molar refractivity (Wildman–Crippen MR) is 119 cm³/mol. The van der Waals surface area contributed by atoms with Gasteiger partial charge in [0.15, 0.2) is 4.80 Å². The second kappa shape index (κ2) is 8.43. The van der Waals surface area contributed by atoms with Crippen LogP contribution in [-0.4, -0.2) is 36.3 Å². The largest absolute Gasteiger partial charge is 0.319 e. The van der Waals surface area contributed by atoms with Gasteiger partial charge in [0.25, 0.3) is 5.91 Å². The Balaban J connectivity index is 1.59. The molecule has 0 N–H and O–H groups in total. The van der Waals surface area contributed by atoms with E-state index in [4.69, 9.17) is 23.2 Å². The number of rotatable bonds is 3. The monoisotopic (exact) mass is 483 g/mol. The average Bonchev–Trinajstić information content (AvgIpc) is 3.03. The lowest BCUT2D eigenvalue weighted by Gasteiger charge is -2.30. The summed E-state index contributed by atoms with van der Waals surface area (Å²) >= 11 is 13.3. The fraction of sp³-hybridized carbons (Fsp3) is 0.300. The molecule has 2 aromatic carbocycles. The van der Waals surface area contributed by atoms with Gasteiger partial charge in [-0.1, -0.05) is 34.5 Å². The number of amides is 1. The Morgan fingerprint density at radius 3 is 2.57 bits per heavy atom. The molecule has 3 aromatic rings. The van der Waals surface area contributed by atoms with Crippen molar-refractivity contribution in [2.45, 2.75) is 17.7 Å². The van der Waals surface area contributed by atoms with E-state index in [2.05, 4.69) is 4.99 Å². The summed E-state index contributed by atoms with van der Waals surface area (Å²) in [6, 6.07) is 11.6. The highest BCUT2D eigenvalue weighted by Crippen LogP contribution is 2.26. The van der Waals surface area contributed by atoms with Gasteiger partial charge in [0.1, 0.15) is 0 Å². The fourth-order valence-corrected chi connectivity index (χ4v) is 6.47. The molecule has 6 nitrogen and oxygen atoms in total. The van der Waals surface area contributed by atoms with Crippen LogP contribution in [0.4, 0.5) is 0 Å². The van der Waals surface area contributed by atoms with E-state index in [1.54, 1.807) is 18.2 Å². The second-order valence-corrected chi connectivity index (χ2v) is 11.0. The zero-order valence-electron chi connectivity index (χ0n) is 16.1. The van der Waals surface area contributed by atoms with Crippen molar-refractivity contribution in [2.75, 3.05) is 13.1 Å². The van der Waals surface area contributed by atoms with E-state index >= 15 is 0 Å². The van der Waals surface area contributed by atoms with Crippen LogP contribution in [0.2, 0.25) is 10.0 Å². The molecule has 1 aromatic heterocycles. The zero-order chi connectivity index (χ0) is 21.5. The van der Waals surface area contributed by atoms with Crippen LogP contribution in [-0.2, 0) is 21.9 Å². The predicted octanol–water partition coefficient (Wildman–Crippen LogP) is 4.07. The Morgan fingerprint density at radius 1 is 1.13 bits per heavy atom. The molecule has 0 radical (unpaired) electrons. The SMILES string of the molecule is Cn1c(=NC(=O)C2CCCN(S(=O)(=O)c3ccc(Cl)cc3)C2)sc2cc(Cl)ccc21. The number of sulfonamides is 1. The number of halogens is 2. The third-order valence-corrected chi connectivity index (χ3v) is 8.62. The maximum absolute atomic E-state index is 13.0. The van der Waals surface area contributed by atoms with Gasteiger partial charge in [0.2, 0.25) is 10.0 Å². The topological polar surface area (TPSA) is 71.7 Å². The highest BCUT2D eigenvalue weighted by atomic mass is 35.5. The van der Waals surface area contributed by atoms with E-state index in [1.807, 2.05) is 23.7 Å². The van der Waals surface area contributed by atoms with Gasteiger partial charge in [-0.3, -0.25) is 4.79 Å². The zero-order valence-corrected chi connectivity index (χ0v) is 19.2. The van der Waals surface area contributed by atoms with Gasteiger partial charge >= 0.3 is 0 Å². The number of piperidine rings is 1. The molecule has 0 bridgehead atoms. The number of fused-ring (bicyclic) bond motifs is 1. The highest BCUT2D eigenvalue weighted by Gasteiger charge is 2.33. The number of hydrogen-bond acceptors (Lipinski definition) is 4. The number of carbonyl (C=O) groups excluding carboxylic acids is 1. The van der Waals surface area contributed by atoms with Gasteiger partial charge in [-0.25, -0.2) is 8.42 Å². The Kier molecular flexibility index (Phi) is 6.05. The van der Waals surface area contributed by atoms with Crippen LogP contribution in [0.25, 0.3) is 10.2 Å². The average molecular weight is 484 g/mol. The summed E-state index contributed by atoms with van der Waals surface area (Å²) in [6.45, 7) is 0.498. The minimum Gasteiger partial charge on any atom is -0.319 e. The number of aromatic nitrogens is 1. The molecule has 4 rings (SSSR count).